The first kappa shape index (κ1) is 30.1. The molecule has 45 heavy (non-hydrogen) atoms. The number of carbonyl (C=O) groups is 2. The summed E-state index contributed by atoms with van der Waals surface area (Å²) in [4.78, 5) is 49.1. The molecule has 0 saturated carbocycles. The second kappa shape index (κ2) is 12.3. The Morgan fingerprint density at radius 2 is 1.82 bits per heavy atom. The minimum atomic E-state index is -0.944. The summed E-state index contributed by atoms with van der Waals surface area (Å²) in [6.45, 7) is 10.6. The Labute approximate surface area is 263 Å². The number of aryl methyl sites for hydroxylation is 1. The van der Waals surface area contributed by atoms with Crippen molar-refractivity contribution in [1.82, 2.24) is 19.4 Å². The lowest BCUT2D eigenvalue weighted by Crippen LogP contribution is -2.48. The molecule has 7 rings (SSSR count). The van der Waals surface area contributed by atoms with Crippen molar-refractivity contribution in [3.63, 3.8) is 0 Å². The first-order valence-corrected chi connectivity index (χ1v) is 16.5. The highest BCUT2D eigenvalue weighted by Crippen LogP contribution is 2.39. The fraction of sp³-hybridized carbons (Fsp3) is 0.543. The minimum Gasteiger partial charge on any atom is -0.458 e. The lowest BCUT2D eigenvalue weighted by molar-refractivity contribution is -0.165. The largest absolute Gasteiger partial charge is 0.458 e. The lowest BCUT2D eigenvalue weighted by Gasteiger charge is -2.39. The van der Waals surface area contributed by atoms with Crippen molar-refractivity contribution >= 4 is 22.8 Å². The molecule has 10 heteroatoms. The van der Waals surface area contributed by atoms with Crippen molar-refractivity contribution in [3.05, 3.63) is 56.9 Å². The summed E-state index contributed by atoms with van der Waals surface area (Å²) in [7, 11) is 0. The molecule has 1 aromatic carbocycles. The third-order valence-corrected chi connectivity index (χ3v) is 9.83. The van der Waals surface area contributed by atoms with Gasteiger partial charge in [-0.25, -0.2) is 9.78 Å². The Balaban J connectivity index is 1.11. The number of benzene rings is 1. The van der Waals surface area contributed by atoms with Gasteiger partial charge in [0.15, 0.2) is 6.10 Å². The molecule has 4 aliphatic heterocycles. The molecule has 0 spiro atoms. The zero-order chi connectivity index (χ0) is 31.2. The van der Waals surface area contributed by atoms with Crippen LogP contribution >= 0.6 is 0 Å². The van der Waals surface area contributed by atoms with Crippen LogP contribution in [0.5, 0.6) is 5.75 Å². The van der Waals surface area contributed by atoms with E-state index < -0.39 is 12.1 Å². The molecule has 3 aromatic rings. The molecule has 0 bridgehead atoms. The molecular weight excluding hydrogens is 572 g/mol. The van der Waals surface area contributed by atoms with Gasteiger partial charge in [0.25, 0.3) is 5.56 Å². The van der Waals surface area contributed by atoms with Crippen molar-refractivity contribution in [3.8, 4) is 17.1 Å². The van der Waals surface area contributed by atoms with Crippen molar-refractivity contribution < 1.29 is 23.8 Å². The smallest absolute Gasteiger partial charge is 0.340 e. The lowest BCUT2D eigenvalue weighted by atomic mass is 9.97. The normalized spacial score (nSPS) is 20.6. The highest BCUT2D eigenvalue weighted by atomic mass is 16.6. The summed E-state index contributed by atoms with van der Waals surface area (Å²) < 4.78 is 18.8. The van der Waals surface area contributed by atoms with E-state index in [0.29, 0.717) is 41.6 Å². The summed E-state index contributed by atoms with van der Waals surface area (Å²) in [5, 5.41) is 0.911. The van der Waals surface area contributed by atoms with Gasteiger partial charge in [0.1, 0.15) is 12.4 Å². The Kier molecular flexibility index (Phi) is 8.22. The Bertz CT molecular complexity index is 1700. The predicted molar refractivity (Wildman–Crippen MR) is 169 cm³/mol. The van der Waals surface area contributed by atoms with Gasteiger partial charge >= 0.3 is 11.9 Å². The van der Waals surface area contributed by atoms with Gasteiger partial charge in [-0.05, 0) is 88.9 Å². The third-order valence-electron chi connectivity index (χ3n) is 9.83. The number of pyridine rings is 2. The highest BCUT2D eigenvalue weighted by molar-refractivity contribution is 5.90. The minimum absolute atomic E-state index is 0.0667. The van der Waals surface area contributed by atoms with Crippen molar-refractivity contribution in [2.75, 3.05) is 32.7 Å². The number of rotatable bonds is 7. The van der Waals surface area contributed by atoms with Gasteiger partial charge in [0.05, 0.1) is 41.7 Å². The van der Waals surface area contributed by atoms with Crippen LogP contribution in [0, 0.1) is 0 Å². The van der Waals surface area contributed by atoms with Crippen LogP contribution < -0.4 is 10.3 Å². The Morgan fingerprint density at radius 3 is 2.56 bits per heavy atom. The van der Waals surface area contributed by atoms with Crippen LogP contribution in [0.15, 0.2) is 29.1 Å². The molecule has 0 N–H and O–H groups in total. The van der Waals surface area contributed by atoms with Crippen molar-refractivity contribution in [2.45, 2.75) is 90.7 Å². The zero-order valence-electron chi connectivity index (χ0n) is 26.5. The molecule has 0 aliphatic carbocycles. The van der Waals surface area contributed by atoms with E-state index in [-0.39, 0.29) is 30.8 Å². The molecule has 10 nitrogen and oxygen atoms in total. The quantitative estimate of drug-likeness (QED) is 0.222. The first-order valence-electron chi connectivity index (χ1n) is 16.5. The van der Waals surface area contributed by atoms with Crippen LogP contribution in [0.2, 0.25) is 0 Å². The maximum absolute atomic E-state index is 13.7. The number of esters is 2. The van der Waals surface area contributed by atoms with Gasteiger partial charge in [0.2, 0.25) is 0 Å². The average Bonchev–Trinajstić information content (AvgIpc) is 3.40. The van der Waals surface area contributed by atoms with Crippen LogP contribution in [0.1, 0.15) is 81.2 Å². The maximum atomic E-state index is 13.7. The third kappa shape index (κ3) is 5.68. The number of piperidine rings is 2. The van der Waals surface area contributed by atoms with Gasteiger partial charge in [-0.2, -0.15) is 0 Å². The van der Waals surface area contributed by atoms with E-state index in [1.807, 2.05) is 32.0 Å². The summed E-state index contributed by atoms with van der Waals surface area (Å²) in [5.41, 5.74) is 5.03. The summed E-state index contributed by atoms with van der Waals surface area (Å²) in [5.74, 6) is -0.236. The monoisotopic (exact) mass is 614 g/mol. The number of fused-ring (bicyclic) bond motifs is 5. The number of carbonyl (C=O) groups excluding carboxylic acids is 2. The fourth-order valence-corrected chi connectivity index (χ4v) is 7.62. The van der Waals surface area contributed by atoms with E-state index in [2.05, 4.69) is 16.7 Å². The van der Waals surface area contributed by atoms with Gasteiger partial charge < -0.3 is 23.7 Å². The molecule has 2 fully saturated rings. The van der Waals surface area contributed by atoms with Crippen LogP contribution in [-0.4, -0.2) is 76.2 Å². The molecule has 0 amide bonds. The standard InChI is InChI=1S/C35H42N4O6/c1-4-24-25-16-23(45-31(40)19-37-14-10-22(11-15-37)38-12-6-5-7-13-38)8-9-29(25)36-32-27(24)18-39-30(32)17-26-28(34(39)41)20-43-35(42)33(26)44-21(2)3/h8-9,16-17,21-22,33H,4-7,10-15,18-20H2,1-3H3/t33-/m0/s1. The number of ether oxygens (including phenoxy) is 3. The van der Waals surface area contributed by atoms with Crippen LogP contribution in [-0.2, 0) is 38.6 Å². The summed E-state index contributed by atoms with van der Waals surface area (Å²) >= 11 is 0. The van der Waals surface area contributed by atoms with E-state index in [1.165, 1.54) is 32.4 Å². The molecule has 2 aromatic heterocycles. The van der Waals surface area contributed by atoms with Crippen molar-refractivity contribution in [2.24, 2.45) is 0 Å². The SMILES string of the molecule is CCc1c2c(nc3ccc(OC(=O)CN4CCC(N5CCCCC5)CC4)cc13)-c1cc3c(c(=O)n1C2)COC(=O)[C@H]3OC(C)C. The Morgan fingerprint density at radius 1 is 1.04 bits per heavy atom. The van der Waals surface area contributed by atoms with Gasteiger partial charge in [-0.3, -0.25) is 14.5 Å². The molecule has 238 valence electrons. The van der Waals surface area contributed by atoms with E-state index in [9.17, 15) is 14.4 Å². The van der Waals surface area contributed by atoms with E-state index in [1.54, 1.807) is 10.6 Å². The second-order valence-corrected chi connectivity index (χ2v) is 13.1. The summed E-state index contributed by atoms with van der Waals surface area (Å²) in [6.07, 6.45) is 5.70. The van der Waals surface area contributed by atoms with E-state index in [4.69, 9.17) is 19.2 Å². The van der Waals surface area contributed by atoms with Gasteiger partial charge in [0, 0.05) is 35.6 Å². The number of cyclic esters (lactones) is 1. The maximum Gasteiger partial charge on any atom is 0.340 e. The van der Waals surface area contributed by atoms with Crippen LogP contribution in [0.25, 0.3) is 22.3 Å². The highest BCUT2D eigenvalue weighted by Gasteiger charge is 2.37. The average molecular weight is 615 g/mol. The molecule has 0 radical (unpaired) electrons. The van der Waals surface area contributed by atoms with Crippen LogP contribution in [0.3, 0.4) is 0 Å². The first-order chi connectivity index (χ1) is 21.8. The molecule has 0 unspecified atom stereocenters. The predicted octanol–water partition coefficient (Wildman–Crippen LogP) is 4.37. The number of aromatic nitrogens is 2. The number of hydrogen-bond donors (Lipinski definition) is 0. The molecular formula is C35H42N4O6. The fourth-order valence-electron chi connectivity index (χ4n) is 7.62. The topological polar surface area (TPSA) is 103 Å². The van der Waals surface area contributed by atoms with Gasteiger partial charge in [-0.15, -0.1) is 0 Å². The van der Waals surface area contributed by atoms with Gasteiger partial charge in [-0.1, -0.05) is 13.3 Å². The zero-order valence-corrected chi connectivity index (χ0v) is 26.5. The number of hydrogen-bond acceptors (Lipinski definition) is 9. The molecule has 1 atom stereocenters. The number of nitrogens with zero attached hydrogens (tertiary/aromatic N) is 4. The van der Waals surface area contributed by atoms with Crippen molar-refractivity contribution in [1.29, 1.82) is 0 Å². The van der Waals surface area contributed by atoms with E-state index in [0.717, 1.165) is 53.7 Å². The molecule has 2 saturated heterocycles. The summed E-state index contributed by atoms with van der Waals surface area (Å²) in [6, 6.07) is 8.08. The Hall–Kier alpha value is -3.60. The second-order valence-electron chi connectivity index (χ2n) is 13.1. The molecule has 6 heterocycles. The molecule has 4 aliphatic rings. The van der Waals surface area contributed by atoms with Crippen LogP contribution in [0.4, 0.5) is 0 Å². The number of likely N-dealkylation sites (tertiary alicyclic amines) is 2. The van der Waals surface area contributed by atoms with E-state index >= 15 is 0 Å².